The van der Waals surface area contributed by atoms with Crippen LogP contribution in [0.1, 0.15) is 35.8 Å². The highest BCUT2D eigenvalue weighted by molar-refractivity contribution is 5.95. The predicted molar refractivity (Wildman–Crippen MR) is 62.2 cm³/mol. The van der Waals surface area contributed by atoms with E-state index in [2.05, 4.69) is 12.0 Å². The van der Waals surface area contributed by atoms with Gasteiger partial charge in [0.25, 0.3) is 5.91 Å². The van der Waals surface area contributed by atoms with Gasteiger partial charge in [0.2, 0.25) is 0 Å². The van der Waals surface area contributed by atoms with Gasteiger partial charge in [0.05, 0.1) is 11.3 Å². The van der Waals surface area contributed by atoms with Crippen LogP contribution in [0.15, 0.2) is 6.20 Å². The van der Waals surface area contributed by atoms with Crippen molar-refractivity contribution in [2.45, 2.75) is 26.7 Å². The lowest BCUT2D eigenvalue weighted by Gasteiger charge is -2.30. The molecule has 0 aliphatic carbocycles. The molecule has 0 bridgehead atoms. The summed E-state index contributed by atoms with van der Waals surface area (Å²) in [5, 5.41) is 4.22. The van der Waals surface area contributed by atoms with Gasteiger partial charge in [-0.15, -0.1) is 0 Å². The number of hydrogen-bond acceptors (Lipinski definition) is 2. The molecule has 1 aromatic heterocycles. The molecule has 0 N–H and O–H groups in total. The smallest absolute Gasteiger partial charge is 0.257 e. The zero-order valence-corrected chi connectivity index (χ0v) is 10.2. The van der Waals surface area contributed by atoms with Crippen molar-refractivity contribution in [3.05, 3.63) is 17.5 Å². The Hall–Kier alpha value is -1.32. The molecule has 1 aliphatic heterocycles. The normalized spacial score (nSPS) is 21.2. The van der Waals surface area contributed by atoms with Crippen molar-refractivity contribution < 1.29 is 4.79 Å². The summed E-state index contributed by atoms with van der Waals surface area (Å²) < 4.78 is 1.70. The van der Waals surface area contributed by atoms with Gasteiger partial charge >= 0.3 is 0 Å². The minimum absolute atomic E-state index is 0.136. The summed E-state index contributed by atoms with van der Waals surface area (Å²) in [4.78, 5) is 14.2. The second-order valence-electron chi connectivity index (χ2n) is 4.80. The zero-order valence-electron chi connectivity index (χ0n) is 10.2. The van der Waals surface area contributed by atoms with Crippen molar-refractivity contribution >= 4 is 5.91 Å². The Balaban J connectivity index is 2.15. The van der Waals surface area contributed by atoms with Gasteiger partial charge in [0.1, 0.15) is 0 Å². The molecular formula is C12H19N3O. The molecule has 1 saturated heterocycles. The third-order valence-corrected chi connectivity index (χ3v) is 3.19. The number of rotatable bonds is 1. The third kappa shape index (κ3) is 2.10. The van der Waals surface area contributed by atoms with E-state index in [0.717, 1.165) is 30.8 Å². The first-order valence-electron chi connectivity index (χ1n) is 5.87. The van der Waals surface area contributed by atoms with Crippen molar-refractivity contribution in [3.63, 3.8) is 0 Å². The van der Waals surface area contributed by atoms with E-state index < -0.39 is 0 Å². The fourth-order valence-electron chi connectivity index (χ4n) is 2.35. The largest absolute Gasteiger partial charge is 0.338 e. The third-order valence-electron chi connectivity index (χ3n) is 3.19. The SMILES string of the molecule is Cc1nn(C)cc1C(=O)N1CCC[C@H](C)C1. The summed E-state index contributed by atoms with van der Waals surface area (Å²) >= 11 is 0. The second-order valence-corrected chi connectivity index (χ2v) is 4.80. The molecule has 0 spiro atoms. The topological polar surface area (TPSA) is 38.1 Å². The van der Waals surface area contributed by atoms with Crippen LogP contribution in [0, 0.1) is 12.8 Å². The van der Waals surface area contributed by atoms with Crippen LogP contribution < -0.4 is 0 Å². The molecule has 0 radical (unpaired) electrons. The van der Waals surface area contributed by atoms with Crippen LogP contribution >= 0.6 is 0 Å². The van der Waals surface area contributed by atoms with E-state index in [1.54, 1.807) is 4.68 Å². The Labute approximate surface area is 96.2 Å². The van der Waals surface area contributed by atoms with Crippen LogP contribution in [0.2, 0.25) is 0 Å². The van der Waals surface area contributed by atoms with Gasteiger partial charge in [-0.3, -0.25) is 9.48 Å². The molecule has 16 heavy (non-hydrogen) atoms. The Morgan fingerprint density at radius 3 is 2.88 bits per heavy atom. The van der Waals surface area contributed by atoms with Crippen LogP contribution in [-0.2, 0) is 7.05 Å². The van der Waals surface area contributed by atoms with E-state index in [0.29, 0.717) is 5.92 Å². The molecule has 0 saturated carbocycles. The maximum Gasteiger partial charge on any atom is 0.257 e. The molecule has 4 nitrogen and oxygen atoms in total. The highest BCUT2D eigenvalue weighted by atomic mass is 16.2. The molecule has 1 aromatic rings. The molecular weight excluding hydrogens is 202 g/mol. The maximum atomic E-state index is 12.3. The summed E-state index contributed by atoms with van der Waals surface area (Å²) in [7, 11) is 1.85. The quantitative estimate of drug-likeness (QED) is 0.722. The van der Waals surface area contributed by atoms with E-state index >= 15 is 0 Å². The minimum atomic E-state index is 0.136. The number of amides is 1. The number of likely N-dealkylation sites (tertiary alicyclic amines) is 1. The Morgan fingerprint density at radius 2 is 2.31 bits per heavy atom. The summed E-state index contributed by atoms with van der Waals surface area (Å²) in [6.07, 6.45) is 4.17. The molecule has 2 heterocycles. The Morgan fingerprint density at radius 1 is 1.56 bits per heavy atom. The average molecular weight is 221 g/mol. The van der Waals surface area contributed by atoms with Crippen molar-refractivity contribution in [2.75, 3.05) is 13.1 Å². The Bertz CT molecular complexity index is 397. The molecule has 0 unspecified atom stereocenters. The van der Waals surface area contributed by atoms with Crippen molar-refractivity contribution in [1.29, 1.82) is 0 Å². The van der Waals surface area contributed by atoms with E-state index in [9.17, 15) is 4.79 Å². The highest BCUT2D eigenvalue weighted by Gasteiger charge is 2.24. The molecule has 4 heteroatoms. The van der Waals surface area contributed by atoms with E-state index in [4.69, 9.17) is 0 Å². The monoisotopic (exact) mass is 221 g/mol. The number of aryl methyl sites for hydroxylation is 2. The van der Waals surface area contributed by atoms with Gasteiger partial charge in [-0.25, -0.2) is 0 Å². The average Bonchev–Trinajstić information content (AvgIpc) is 2.57. The van der Waals surface area contributed by atoms with Gasteiger partial charge in [-0.2, -0.15) is 5.10 Å². The van der Waals surface area contributed by atoms with Gasteiger partial charge in [-0.05, 0) is 25.7 Å². The molecule has 1 amide bonds. The fourth-order valence-corrected chi connectivity index (χ4v) is 2.35. The molecule has 1 fully saturated rings. The van der Waals surface area contributed by atoms with Crippen molar-refractivity contribution in [1.82, 2.24) is 14.7 Å². The first kappa shape index (κ1) is 11.2. The lowest BCUT2D eigenvalue weighted by molar-refractivity contribution is 0.0682. The maximum absolute atomic E-state index is 12.3. The molecule has 1 aliphatic rings. The van der Waals surface area contributed by atoms with Crippen LogP contribution in [0.3, 0.4) is 0 Å². The van der Waals surface area contributed by atoms with E-state index in [1.807, 2.05) is 25.1 Å². The first-order chi connectivity index (χ1) is 7.58. The zero-order chi connectivity index (χ0) is 11.7. The van der Waals surface area contributed by atoms with Gasteiger partial charge < -0.3 is 4.90 Å². The standard InChI is InChI=1S/C12H19N3O/c1-9-5-4-6-15(7-9)12(16)11-8-14(3)13-10(11)2/h8-9H,4-7H2,1-3H3/t9-/m0/s1. The summed E-state index contributed by atoms with van der Waals surface area (Å²) in [6.45, 7) is 5.86. The summed E-state index contributed by atoms with van der Waals surface area (Å²) in [6, 6.07) is 0. The lowest BCUT2D eigenvalue weighted by Crippen LogP contribution is -2.39. The summed E-state index contributed by atoms with van der Waals surface area (Å²) in [5.41, 5.74) is 1.57. The second kappa shape index (κ2) is 4.28. The summed E-state index contributed by atoms with van der Waals surface area (Å²) in [5.74, 6) is 0.756. The first-order valence-corrected chi connectivity index (χ1v) is 5.87. The molecule has 2 rings (SSSR count). The van der Waals surface area contributed by atoms with Gasteiger partial charge in [-0.1, -0.05) is 6.92 Å². The van der Waals surface area contributed by atoms with Crippen LogP contribution in [0.4, 0.5) is 0 Å². The lowest BCUT2D eigenvalue weighted by atomic mass is 9.99. The molecule has 0 aromatic carbocycles. The molecule has 1 atom stereocenters. The van der Waals surface area contributed by atoms with E-state index in [1.165, 1.54) is 6.42 Å². The predicted octanol–water partition coefficient (Wildman–Crippen LogP) is 1.60. The van der Waals surface area contributed by atoms with Crippen LogP contribution in [0.5, 0.6) is 0 Å². The molecule has 88 valence electrons. The number of hydrogen-bond donors (Lipinski definition) is 0. The fraction of sp³-hybridized carbons (Fsp3) is 0.667. The van der Waals surface area contributed by atoms with Crippen LogP contribution in [0.25, 0.3) is 0 Å². The van der Waals surface area contributed by atoms with Crippen molar-refractivity contribution in [3.8, 4) is 0 Å². The van der Waals surface area contributed by atoms with Crippen molar-refractivity contribution in [2.24, 2.45) is 13.0 Å². The number of piperidine rings is 1. The minimum Gasteiger partial charge on any atom is -0.338 e. The van der Waals surface area contributed by atoms with Gasteiger partial charge in [0, 0.05) is 26.3 Å². The van der Waals surface area contributed by atoms with Gasteiger partial charge in [0.15, 0.2) is 0 Å². The number of aromatic nitrogens is 2. The van der Waals surface area contributed by atoms with Crippen LogP contribution in [-0.4, -0.2) is 33.7 Å². The highest BCUT2D eigenvalue weighted by Crippen LogP contribution is 2.18. The number of carbonyl (C=O) groups excluding carboxylic acids is 1. The van der Waals surface area contributed by atoms with E-state index in [-0.39, 0.29) is 5.91 Å². The number of nitrogens with zero attached hydrogens (tertiary/aromatic N) is 3. The Kier molecular flexibility index (Phi) is 2.99. The number of carbonyl (C=O) groups is 1.